The summed E-state index contributed by atoms with van der Waals surface area (Å²) in [6, 6.07) is 17.2. The number of amides is 1. The van der Waals surface area contributed by atoms with Gasteiger partial charge in [-0.25, -0.2) is 4.68 Å². The van der Waals surface area contributed by atoms with Crippen LogP contribution in [0.4, 0.5) is 11.4 Å². The molecule has 0 spiro atoms. The van der Waals surface area contributed by atoms with Crippen LogP contribution in [0.2, 0.25) is 0 Å². The number of aromatic nitrogens is 2. The first-order chi connectivity index (χ1) is 14.9. The molecule has 0 bridgehead atoms. The maximum atomic E-state index is 12.6. The number of nitrogens with zero attached hydrogens (tertiary/aromatic N) is 3. The van der Waals surface area contributed by atoms with Crippen LogP contribution in [0.15, 0.2) is 59.4 Å². The summed E-state index contributed by atoms with van der Waals surface area (Å²) in [5.74, 6) is -0.285. The van der Waals surface area contributed by atoms with E-state index in [1.807, 2.05) is 43.3 Å². The molecule has 0 saturated carbocycles. The molecule has 0 aliphatic rings. The molecular weight excluding hydrogens is 388 g/mol. The van der Waals surface area contributed by atoms with E-state index in [0.29, 0.717) is 5.69 Å². The molecule has 0 aliphatic heterocycles. The van der Waals surface area contributed by atoms with Crippen molar-refractivity contribution in [2.75, 3.05) is 23.3 Å². The van der Waals surface area contributed by atoms with Gasteiger partial charge < -0.3 is 10.2 Å². The number of rotatable bonds is 8. The topological polar surface area (TPSA) is 67.2 Å². The van der Waals surface area contributed by atoms with Crippen molar-refractivity contribution in [1.29, 1.82) is 0 Å². The van der Waals surface area contributed by atoms with Crippen LogP contribution in [0.5, 0.6) is 0 Å². The van der Waals surface area contributed by atoms with Crippen LogP contribution >= 0.6 is 0 Å². The average molecular weight is 419 g/mol. The first-order valence-corrected chi connectivity index (χ1v) is 10.8. The molecule has 1 N–H and O–H groups in total. The number of benzene rings is 2. The number of nitrogens with one attached hydrogen (secondary N) is 1. The van der Waals surface area contributed by atoms with E-state index in [0.717, 1.165) is 42.0 Å². The van der Waals surface area contributed by atoms with Gasteiger partial charge in [-0.1, -0.05) is 31.2 Å². The Bertz CT molecular complexity index is 1100. The van der Waals surface area contributed by atoms with Gasteiger partial charge in [-0.2, -0.15) is 5.10 Å². The van der Waals surface area contributed by atoms with Gasteiger partial charge in [0.15, 0.2) is 0 Å². The van der Waals surface area contributed by atoms with Crippen molar-refractivity contribution in [2.45, 2.75) is 40.7 Å². The van der Waals surface area contributed by atoms with E-state index in [1.165, 1.54) is 16.3 Å². The molecule has 0 aliphatic carbocycles. The highest BCUT2D eigenvalue weighted by Gasteiger charge is 2.11. The molecule has 3 rings (SSSR count). The summed E-state index contributed by atoms with van der Waals surface area (Å²) in [6.45, 7) is 10.0. The molecule has 6 nitrogen and oxygen atoms in total. The average Bonchev–Trinajstić information content (AvgIpc) is 2.78. The van der Waals surface area contributed by atoms with Crippen molar-refractivity contribution in [3.05, 3.63) is 76.1 Å². The fourth-order valence-electron chi connectivity index (χ4n) is 3.53. The Balaban J connectivity index is 1.75. The molecule has 162 valence electrons. The van der Waals surface area contributed by atoms with Crippen LogP contribution in [0.25, 0.3) is 11.3 Å². The monoisotopic (exact) mass is 418 g/mol. The summed E-state index contributed by atoms with van der Waals surface area (Å²) in [7, 11) is 0. The van der Waals surface area contributed by atoms with Gasteiger partial charge in [-0.05, 0) is 62.6 Å². The van der Waals surface area contributed by atoms with Crippen LogP contribution in [0.3, 0.4) is 0 Å². The molecule has 0 fully saturated rings. The van der Waals surface area contributed by atoms with E-state index in [2.05, 4.69) is 42.2 Å². The highest BCUT2D eigenvalue weighted by atomic mass is 16.2. The first kappa shape index (κ1) is 22.3. The van der Waals surface area contributed by atoms with Crippen molar-refractivity contribution in [3.63, 3.8) is 0 Å². The Hall–Kier alpha value is -3.41. The summed E-state index contributed by atoms with van der Waals surface area (Å²) in [4.78, 5) is 27.1. The van der Waals surface area contributed by atoms with Crippen LogP contribution in [0, 0.1) is 6.92 Å². The van der Waals surface area contributed by atoms with E-state index in [-0.39, 0.29) is 18.0 Å². The molecule has 6 heteroatoms. The molecule has 0 unspecified atom stereocenters. The molecule has 0 radical (unpaired) electrons. The van der Waals surface area contributed by atoms with Gasteiger partial charge in [0.05, 0.1) is 5.69 Å². The van der Waals surface area contributed by atoms with Gasteiger partial charge in [0.25, 0.3) is 5.56 Å². The van der Waals surface area contributed by atoms with Gasteiger partial charge >= 0.3 is 0 Å². The predicted molar refractivity (Wildman–Crippen MR) is 127 cm³/mol. The lowest BCUT2D eigenvalue weighted by Gasteiger charge is -2.22. The number of carbonyl (C=O) groups is 1. The minimum Gasteiger partial charge on any atom is -0.372 e. The highest BCUT2D eigenvalue weighted by Crippen LogP contribution is 2.23. The van der Waals surface area contributed by atoms with Crippen LogP contribution in [-0.4, -0.2) is 28.8 Å². The van der Waals surface area contributed by atoms with E-state index >= 15 is 0 Å². The second kappa shape index (κ2) is 10.1. The Morgan fingerprint density at radius 2 is 1.71 bits per heavy atom. The number of anilines is 2. The van der Waals surface area contributed by atoms with Gasteiger partial charge in [0, 0.05) is 36.1 Å². The van der Waals surface area contributed by atoms with Crippen molar-refractivity contribution < 1.29 is 4.79 Å². The van der Waals surface area contributed by atoms with E-state index in [1.54, 1.807) is 6.07 Å². The van der Waals surface area contributed by atoms with E-state index < -0.39 is 0 Å². The lowest BCUT2D eigenvalue weighted by Crippen LogP contribution is -2.29. The number of aryl methyl sites for hydroxylation is 2. The van der Waals surface area contributed by atoms with E-state index in [4.69, 9.17) is 0 Å². The Morgan fingerprint density at radius 1 is 1.00 bits per heavy atom. The maximum Gasteiger partial charge on any atom is 0.267 e. The lowest BCUT2D eigenvalue weighted by atomic mass is 10.1. The zero-order valence-corrected chi connectivity index (χ0v) is 18.7. The minimum absolute atomic E-state index is 0.142. The Morgan fingerprint density at radius 3 is 2.32 bits per heavy atom. The van der Waals surface area contributed by atoms with Crippen molar-refractivity contribution in [3.8, 4) is 11.3 Å². The normalized spacial score (nSPS) is 10.7. The molecule has 1 aromatic heterocycles. The Kier molecular flexibility index (Phi) is 7.23. The summed E-state index contributed by atoms with van der Waals surface area (Å²) in [5, 5.41) is 7.30. The lowest BCUT2D eigenvalue weighted by molar-refractivity contribution is -0.117. The molecular formula is C25H30N4O2. The fraction of sp³-hybridized carbons (Fsp3) is 0.320. The SMILES string of the molecule is CCc1ccc(-c2ccc(=O)n(CC(=O)Nc3ccc(N(CC)CC)cc3C)n2)cc1. The standard InChI is InChI=1S/C25H30N4O2/c1-5-19-8-10-20(11-9-19)23-14-15-25(31)29(27-23)17-24(30)26-22-13-12-21(16-18(22)4)28(6-2)7-3/h8-16H,5-7,17H2,1-4H3,(H,26,30). The molecule has 0 saturated heterocycles. The third-order valence-corrected chi connectivity index (χ3v) is 5.43. The van der Waals surface area contributed by atoms with Gasteiger partial charge in [0.1, 0.15) is 6.54 Å². The highest BCUT2D eigenvalue weighted by molar-refractivity contribution is 5.91. The zero-order chi connectivity index (χ0) is 22.4. The quantitative estimate of drug-likeness (QED) is 0.593. The zero-order valence-electron chi connectivity index (χ0n) is 18.7. The second-order valence-corrected chi connectivity index (χ2v) is 7.48. The number of hydrogen-bond donors (Lipinski definition) is 1. The minimum atomic E-state index is -0.308. The third kappa shape index (κ3) is 5.40. The van der Waals surface area contributed by atoms with Crippen molar-refractivity contribution in [2.24, 2.45) is 0 Å². The fourth-order valence-corrected chi connectivity index (χ4v) is 3.53. The molecule has 0 atom stereocenters. The van der Waals surface area contributed by atoms with Gasteiger partial charge in [0.2, 0.25) is 5.91 Å². The molecule has 3 aromatic rings. The van der Waals surface area contributed by atoms with Crippen LogP contribution in [-0.2, 0) is 17.8 Å². The van der Waals surface area contributed by atoms with Gasteiger partial charge in [-0.3, -0.25) is 9.59 Å². The molecule has 2 aromatic carbocycles. The van der Waals surface area contributed by atoms with E-state index in [9.17, 15) is 9.59 Å². The Labute approximate surface area is 183 Å². The number of hydrogen-bond acceptors (Lipinski definition) is 4. The van der Waals surface area contributed by atoms with Crippen LogP contribution < -0.4 is 15.8 Å². The van der Waals surface area contributed by atoms with Gasteiger partial charge in [-0.15, -0.1) is 0 Å². The summed E-state index contributed by atoms with van der Waals surface area (Å²) < 4.78 is 1.21. The third-order valence-electron chi connectivity index (χ3n) is 5.43. The maximum absolute atomic E-state index is 12.6. The largest absolute Gasteiger partial charge is 0.372 e. The van der Waals surface area contributed by atoms with Crippen molar-refractivity contribution >= 4 is 17.3 Å². The molecule has 31 heavy (non-hydrogen) atoms. The smallest absolute Gasteiger partial charge is 0.267 e. The predicted octanol–water partition coefficient (Wildman–Crippen LogP) is 4.27. The van der Waals surface area contributed by atoms with Crippen LogP contribution in [0.1, 0.15) is 31.9 Å². The second-order valence-electron chi connectivity index (χ2n) is 7.48. The first-order valence-electron chi connectivity index (χ1n) is 10.8. The number of carbonyl (C=O) groups excluding carboxylic acids is 1. The van der Waals surface area contributed by atoms with Crippen molar-refractivity contribution in [1.82, 2.24) is 9.78 Å². The summed E-state index contributed by atoms with van der Waals surface area (Å²) >= 11 is 0. The summed E-state index contributed by atoms with van der Waals surface area (Å²) in [5.41, 5.74) is 5.34. The summed E-state index contributed by atoms with van der Waals surface area (Å²) in [6.07, 6.45) is 0.961. The molecule has 1 heterocycles. The molecule has 1 amide bonds.